The highest BCUT2D eigenvalue weighted by Crippen LogP contribution is 2.65. The number of anilines is 3. The van der Waals surface area contributed by atoms with Crippen LogP contribution in [-0.4, -0.2) is 4.57 Å². The smallest absolute Gasteiger partial charge is 0.0731 e. The molecule has 64 heavy (non-hydrogen) atoms. The molecule has 2 aromatic heterocycles. The molecule has 0 aliphatic heterocycles. The number of fused-ring (bicyclic) bond motifs is 16. The van der Waals surface area contributed by atoms with Crippen LogP contribution in [-0.2, 0) is 5.41 Å². The molecule has 298 valence electrons. The summed E-state index contributed by atoms with van der Waals surface area (Å²) in [6.45, 7) is 0. The molecule has 10 aromatic carbocycles. The van der Waals surface area contributed by atoms with Gasteiger partial charge in [-0.05, 0) is 105 Å². The Labute approximate surface area is 375 Å². The molecule has 2 nitrogen and oxygen atoms in total. The van der Waals surface area contributed by atoms with Gasteiger partial charge in [0, 0.05) is 47.9 Å². The third-order valence-electron chi connectivity index (χ3n) is 14.0. The number of thiophene rings is 1. The van der Waals surface area contributed by atoms with Crippen LogP contribution in [0.2, 0.25) is 0 Å². The fourth-order valence-electron chi connectivity index (χ4n) is 11.6. The summed E-state index contributed by atoms with van der Waals surface area (Å²) in [6, 6.07) is 85.5. The van der Waals surface area contributed by atoms with Gasteiger partial charge in [0.1, 0.15) is 0 Å². The number of para-hydroxylation sites is 3. The maximum atomic E-state index is 2.53. The van der Waals surface area contributed by atoms with E-state index in [0.29, 0.717) is 0 Å². The molecule has 0 fully saturated rings. The molecule has 0 atom stereocenters. The quantitative estimate of drug-likeness (QED) is 0.168. The topological polar surface area (TPSA) is 8.17 Å². The van der Waals surface area contributed by atoms with E-state index in [1.54, 1.807) is 0 Å². The fraction of sp³-hybridized carbons (Fsp3) is 0.0164. The van der Waals surface area contributed by atoms with Gasteiger partial charge >= 0.3 is 0 Å². The van der Waals surface area contributed by atoms with Crippen molar-refractivity contribution in [3.63, 3.8) is 0 Å². The van der Waals surface area contributed by atoms with E-state index in [1.807, 2.05) is 11.3 Å². The Morgan fingerprint density at radius 3 is 1.53 bits per heavy atom. The van der Waals surface area contributed by atoms with Crippen LogP contribution < -0.4 is 4.90 Å². The first-order valence-electron chi connectivity index (χ1n) is 22.1. The summed E-state index contributed by atoms with van der Waals surface area (Å²) >= 11 is 1.92. The van der Waals surface area contributed by atoms with Gasteiger partial charge < -0.3 is 9.47 Å². The summed E-state index contributed by atoms with van der Waals surface area (Å²) in [4.78, 5) is 2.40. The number of hydrogen-bond donors (Lipinski definition) is 0. The van der Waals surface area contributed by atoms with Gasteiger partial charge in [-0.3, -0.25) is 0 Å². The minimum atomic E-state index is -0.454. The van der Waals surface area contributed by atoms with Crippen molar-refractivity contribution in [3.8, 4) is 39.1 Å². The van der Waals surface area contributed by atoms with Gasteiger partial charge in [0.25, 0.3) is 0 Å². The van der Waals surface area contributed by atoms with Crippen molar-refractivity contribution < 1.29 is 0 Å². The van der Waals surface area contributed by atoms with Crippen LogP contribution in [0.15, 0.2) is 231 Å². The predicted molar refractivity (Wildman–Crippen MR) is 270 cm³/mol. The highest BCUT2D eigenvalue weighted by Gasteiger charge is 2.52. The zero-order chi connectivity index (χ0) is 41.9. The van der Waals surface area contributed by atoms with Crippen molar-refractivity contribution in [2.75, 3.05) is 4.90 Å². The van der Waals surface area contributed by atoms with Crippen molar-refractivity contribution in [3.05, 3.63) is 253 Å². The number of nitrogens with zero attached hydrogens (tertiary/aromatic N) is 2. The van der Waals surface area contributed by atoms with Crippen LogP contribution >= 0.6 is 11.3 Å². The van der Waals surface area contributed by atoms with Gasteiger partial charge in [0.15, 0.2) is 0 Å². The molecular formula is C61H38N2S. The van der Waals surface area contributed by atoms with Gasteiger partial charge in [-0.1, -0.05) is 176 Å². The SMILES string of the molecule is c1ccc(N(c2ccccc2)c2cccc3c2c2ccccc2n3-c2ccc(-c3cccc4c3C3(c5ccccc5-c5ccccc53)c3ccccc3-4)c3sc4ccccc4c23)cc1. The predicted octanol–water partition coefficient (Wildman–Crippen LogP) is 16.6. The number of rotatable bonds is 5. The van der Waals surface area contributed by atoms with Crippen molar-refractivity contribution >= 4 is 70.4 Å². The molecule has 0 bridgehead atoms. The first-order valence-corrected chi connectivity index (χ1v) is 22.9. The average Bonchev–Trinajstić information content (AvgIpc) is 4.09. The lowest BCUT2D eigenvalue weighted by Crippen LogP contribution is -2.26. The van der Waals surface area contributed by atoms with Gasteiger partial charge in [0.2, 0.25) is 0 Å². The molecule has 2 aliphatic carbocycles. The van der Waals surface area contributed by atoms with Crippen molar-refractivity contribution in [2.24, 2.45) is 0 Å². The van der Waals surface area contributed by atoms with Gasteiger partial charge in [-0.15, -0.1) is 11.3 Å². The van der Waals surface area contributed by atoms with Gasteiger partial charge in [-0.2, -0.15) is 0 Å². The second-order valence-electron chi connectivity index (χ2n) is 17.1. The lowest BCUT2D eigenvalue weighted by atomic mass is 9.68. The number of hydrogen-bond acceptors (Lipinski definition) is 2. The van der Waals surface area contributed by atoms with E-state index < -0.39 is 5.41 Å². The van der Waals surface area contributed by atoms with Crippen LogP contribution in [0.5, 0.6) is 0 Å². The monoisotopic (exact) mass is 830 g/mol. The van der Waals surface area contributed by atoms with E-state index in [0.717, 1.165) is 17.1 Å². The lowest BCUT2D eigenvalue weighted by Gasteiger charge is -2.32. The van der Waals surface area contributed by atoms with Gasteiger partial charge in [0.05, 0.1) is 27.8 Å². The molecule has 0 N–H and O–H groups in total. The van der Waals surface area contributed by atoms with E-state index in [1.165, 1.54) is 103 Å². The molecule has 2 heterocycles. The lowest BCUT2D eigenvalue weighted by molar-refractivity contribution is 0.796. The van der Waals surface area contributed by atoms with Crippen LogP contribution in [0.4, 0.5) is 17.1 Å². The maximum absolute atomic E-state index is 2.53. The second kappa shape index (κ2) is 13.5. The Morgan fingerprint density at radius 2 is 0.859 bits per heavy atom. The average molecular weight is 831 g/mol. The van der Waals surface area contributed by atoms with E-state index in [4.69, 9.17) is 0 Å². The van der Waals surface area contributed by atoms with Crippen molar-refractivity contribution in [1.82, 2.24) is 4.57 Å². The molecule has 0 saturated heterocycles. The summed E-state index contributed by atoms with van der Waals surface area (Å²) in [5, 5.41) is 5.00. The van der Waals surface area contributed by atoms with Crippen molar-refractivity contribution in [2.45, 2.75) is 5.41 Å². The Hall–Kier alpha value is -7.98. The highest BCUT2D eigenvalue weighted by atomic mass is 32.1. The van der Waals surface area contributed by atoms with Crippen LogP contribution in [0.25, 0.3) is 81.0 Å². The highest BCUT2D eigenvalue weighted by molar-refractivity contribution is 7.26. The molecule has 1 spiro atoms. The molecular weight excluding hydrogens is 793 g/mol. The summed E-state index contributed by atoms with van der Waals surface area (Å²) in [5.41, 5.74) is 19.8. The molecule has 2 aliphatic rings. The zero-order valence-corrected chi connectivity index (χ0v) is 35.6. The second-order valence-corrected chi connectivity index (χ2v) is 18.1. The molecule has 14 rings (SSSR count). The van der Waals surface area contributed by atoms with E-state index in [-0.39, 0.29) is 0 Å². The number of benzene rings is 10. The largest absolute Gasteiger partial charge is 0.310 e. The molecule has 0 amide bonds. The van der Waals surface area contributed by atoms with E-state index >= 15 is 0 Å². The first-order chi connectivity index (χ1) is 31.8. The summed E-state index contributed by atoms with van der Waals surface area (Å²) < 4.78 is 5.12. The standard InChI is InChI=1S/C61H38N2S/c1-3-19-39(20-4-1)62(40-21-5-2-6-22-40)53-34-18-35-54-57(53)47-26-10-15-33-52(47)63(54)55-38-37-46(60-58(55)48-27-11-16-36-56(48)64-60)45-29-17-28-44-43-25-9-14-32-51(43)61(59(44)45)49-30-12-7-23-41(49)42-24-8-13-31-50(42)61/h1-38H. The van der Waals surface area contributed by atoms with Crippen molar-refractivity contribution in [1.29, 1.82) is 0 Å². The van der Waals surface area contributed by atoms with Crippen LogP contribution in [0, 0.1) is 0 Å². The molecule has 0 unspecified atom stereocenters. The normalized spacial score (nSPS) is 13.1. The van der Waals surface area contributed by atoms with Crippen LogP contribution in [0.1, 0.15) is 22.3 Å². The fourth-order valence-corrected chi connectivity index (χ4v) is 12.9. The number of aromatic nitrogens is 1. The Morgan fingerprint density at radius 1 is 0.359 bits per heavy atom. The first kappa shape index (κ1) is 35.6. The maximum Gasteiger partial charge on any atom is 0.0731 e. The van der Waals surface area contributed by atoms with E-state index in [2.05, 4.69) is 240 Å². The Kier molecular flexibility index (Phi) is 7.51. The molecule has 12 aromatic rings. The minimum absolute atomic E-state index is 0.454. The third kappa shape index (κ3) is 4.69. The molecule has 0 radical (unpaired) electrons. The summed E-state index contributed by atoms with van der Waals surface area (Å²) in [5.74, 6) is 0. The molecule has 3 heteroatoms. The minimum Gasteiger partial charge on any atom is -0.310 e. The van der Waals surface area contributed by atoms with Crippen LogP contribution in [0.3, 0.4) is 0 Å². The molecule has 0 saturated carbocycles. The summed E-state index contributed by atoms with van der Waals surface area (Å²) in [7, 11) is 0. The Balaban J connectivity index is 1.07. The Bertz CT molecular complexity index is 3750. The zero-order valence-electron chi connectivity index (χ0n) is 34.7. The summed E-state index contributed by atoms with van der Waals surface area (Å²) in [6.07, 6.45) is 0. The van der Waals surface area contributed by atoms with Gasteiger partial charge in [-0.25, -0.2) is 0 Å². The third-order valence-corrected chi connectivity index (χ3v) is 15.2. The van der Waals surface area contributed by atoms with E-state index in [9.17, 15) is 0 Å².